The summed E-state index contributed by atoms with van der Waals surface area (Å²) in [5, 5.41) is 6.85. The largest absolute Gasteiger partial charge is 0.358 e. The van der Waals surface area contributed by atoms with Gasteiger partial charge < -0.3 is 10.2 Å². The molecule has 20 heavy (non-hydrogen) atoms. The van der Waals surface area contributed by atoms with Gasteiger partial charge >= 0.3 is 0 Å². The second-order valence-electron chi connectivity index (χ2n) is 4.64. The lowest BCUT2D eigenvalue weighted by Gasteiger charge is -2.15. The maximum absolute atomic E-state index is 13.4. The summed E-state index contributed by atoms with van der Waals surface area (Å²) < 4.78 is 14.9. The van der Waals surface area contributed by atoms with E-state index in [0.717, 1.165) is 24.2 Å². The first-order chi connectivity index (χ1) is 9.67. The predicted octanol–water partition coefficient (Wildman–Crippen LogP) is 1.26. The number of rotatable bonds is 3. The Hall–Kier alpha value is -2.37. The van der Waals surface area contributed by atoms with Crippen LogP contribution in [-0.2, 0) is 17.8 Å². The summed E-state index contributed by atoms with van der Waals surface area (Å²) in [5.41, 5.74) is 1.92. The molecule has 1 N–H and O–H groups in total. The van der Waals surface area contributed by atoms with Gasteiger partial charge in [-0.15, -0.1) is 0 Å². The minimum atomic E-state index is -0.263. The molecule has 0 bridgehead atoms. The molecule has 1 amide bonds. The monoisotopic (exact) mass is 273 g/mol. The van der Waals surface area contributed by atoms with Gasteiger partial charge in [0.25, 0.3) is 0 Å². The summed E-state index contributed by atoms with van der Waals surface area (Å²) in [5.74, 6) is 0.222. The van der Waals surface area contributed by atoms with E-state index in [1.165, 1.54) is 16.8 Å². The van der Waals surface area contributed by atoms with Gasteiger partial charge in [0.2, 0.25) is 5.91 Å². The Morgan fingerprint density at radius 1 is 1.55 bits per heavy atom. The van der Waals surface area contributed by atoms with E-state index in [9.17, 15) is 9.18 Å². The number of nitrogens with zero attached hydrogens (tertiary/aromatic N) is 3. The van der Waals surface area contributed by atoms with Crippen LogP contribution in [0.3, 0.4) is 0 Å². The van der Waals surface area contributed by atoms with Crippen LogP contribution in [0.4, 0.5) is 15.9 Å². The van der Waals surface area contributed by atoms with Crippen LogP contribution in [0.15, 0.2) is 24.4 Å². The lowest BCUT2D eigenvalue weighted by Crippen LogP contribution is -2.24. The van der Waals surface area contributed by atoms with E-state index in [1.54, 1.807) is 19.3 Å². The minimum absolute atomic E-state index is 0.124. The first kappa shape index (κ1) is 12.7. The number of hydrogen-bond acceptors (Lipinski definition) is 3. The van der Waals surface area contributed by atoms with Gasteiger partial charge in [-0.25, -0.2) is 4.39 Å². The van der Waals surface area contributed by atoms with Crippen LogP contribution in [0.5, 0.6) is 0 Å². The molecule has 5 nitrogen and oxygen atoms in total. The number of amides is 1. The molecule has 3 rings (SSSR count). The molecule has 1 aromatic heterocycles. The first-order valence-corrected chi connectivity index (χ1v) is 6.39. The Morgan fingerprint density at radius 3 is 3.20 bits per heavy atom. The molecule has 0 fully saturated rings. The molecule has 0 saturated carbocycles. The fourth-order valence-corrected chi connectivity index (χ4v) is 2.32. The average Bonchev–Trinajstić information content (AvgIpc) is 3.04. The third-order valence-electron chi connectivity index (χ3n) is 3.35. The van der Waals surface area contributed by atoms with Gasteiger partial charge in [-0.2, -0.15) is 5.10 Å². The number of halogens is 1. The molecule has 0 atom stereocenters. The molecule has 6 heteroatoms. The van der Waals surface area contributed by atoms with Crippen LogP contribution >= 0.6 is 0 Å². The van der Waals surface area contributed by atoms with Gasteiger partial charge in [0, 0.05) is 31.5 Å². The second-order valence-corrected chi connectivity index (χ2v) is 4.64. The Labute approximate surface area is 116 Å². The number of aromatic nitrogens is 2. The van der Waals surface area contributed by atoms with Crippen LogP contribution in [0.2, 0.25) is 0 Å². The summed E-state index contributed by atoms with van der Waals surface area (Å²) in [6, 6.07) is 7.79. The molecular weight excluding hydrogens is 259 g/mol. The SMILES string of the molecule is CNC(=O)Cn1c[c]c(N2CCc3ccc(F)cc32)n1. The zero-order valence-electron chi connectivity index (χ0n) is 11.1. The van der Waals surface area contributed by atoms with Crippen molar-refractivity contribution in [2.24, 2.45) is 0 Å². The highest BCUT2D eigenvalue weighted by atomic mass is 19.1. The molecule has 0 saturated heterocycles. The zero-order valence-corrected chi connectivity index (χ0v) is 11.1. The van der Waals surface area contributed by atoms with E-state index >= 15 is 0 Å². The molecule has 1 radical (unpaired) electrons. The molecule has 1 aliphatic heterocycles. The molecule has 1 aromatic carbocycles. The number of hydrogen-bond donors (Lipinski definition) is 1. The van der Waals surface area contributed by atoms with Crippen molar-refractivity contribution in [3.8, 4) is 0 Å². The van der Waals surface area contributed by atoms with Crippen molar-refractivity contribution >= 4 is 17.4 Å². The maximum atomic E-state index is 13.4. The number of carbonyl (C=O) groups excluding carboxylic acids is 1. The summed E-state index contributed by atoms with van der Waals surface area (Å²) in [6.07, 6.45) is 2.48. The van der Waals surface area contributed by atoms with Gasteiger partial charge in [-0.3, -0.25) is 9.48 Å². The van der Waals surface area contributed by atoms with E-state index in [1.807, 2.05) is 4.90 Å². The highest BCUT2D eigenvalue weighted by Crippen LogP contribution is 2.33. The van der Waals surface area contributed by atoms with E-state index < -0.39 is 0 Å². The van der Waals surface area contributed by atoms with E-state index in [-0.39, 0.29) is 18.3 Å². The summed E-state index contributed by atoms with van der Waals surface area (Å²) in [7, 11) is 1.58. The van der Waals surface area contributed by atoms with Crippen LogP contribution in [0, 0.1) is 11.9 Å². The lowest BCUT2D eigenvalue weighted by atomic mass is 10.2. The van der Waals surface area contributed by atoms with Crippen LogP contribution in [0.25, 0.3) is 0 Å². The van der Waals surface area contributed by atoms with Gasteiger partial charge in [0.15, 0.2) is 5.82 Å². The predicted molar refractivity (Wildman–Crippen MR) is 72.2 cm³/mol. The topological polar surface area (TPSA) is 50.2 Å². The number of carbonyl (C=O) groups is 1. The molecule has 103 valence electrons. The average molecular weight is 273 g/mol. The molecule has 2 heterocycles. The van der Waals surface area contributed by atoms with E-state index in [0.29, 0.717) is 5.82 Å². The third-order valence-corrected chi connectivity index (χ3v) is 3.35. The van der Waals surface area contributed by atoms with E-state index in [2.05, 4.69) is 16.5 Å². The minimum Gasteiger partial charge on any atom is -0.358 e. The Balaban J connectivity index is 1.85. The molecular formula is C14H14FN4O. The van der Waals surface area contributed by atoms with Crippen LogP contribution in [0.1, 0.15) is 5.56 Å². The number of anilines is 2. The van der Waals surface area contributed by atoms with Gasteiger partial charge in [0.1, 0.15) is 12.4 Å². The van der Waals surface area contributed by atoms with Crippen molar-refractivity contribution in [2.75, 3.05) is 18.5 Å². The summed E-state index contributed by atoms with van der Waals surface area (Å²) >= 11 is 0. The third kappa shape index (κ3) is 2.24. The van der Waals surface area contributed by atoms with Crippen molar-refractivity contribution in [3.63, 3.8) is 0 Å². The smallest absolute Gasteiger partial charge is 0.241 e. The number of likely N-dealkylation sites (N-methyl/N-ethyl adjacent to an activating group) is 1. The Bertz CT molecular complexity index is 652. The molecule has 0 unspecified atom stereocenters. The molecule has 0 spiro atoms. The van der Waals surface area contributed by atoms with Crippen molar-refractivity contribution < 1.29 is 9.18 Å². The molecule has 2 aromatic rings. The molecule has 1 aliphatic rings. The number of fused-ring (bicyclic) bond motifs is 1. The normalized spacial score (nSPS) is 13.4. The summed E-state index contributed by atoms with van der Waals surface area (Å²) in [4.78, 5) is 13.2. The van der Waals surface area contributed by atoms with E-state index in [4.69, 9.17) is 0 Å². The Kier molecular flexibility index (Phi) is 3.14. The summed E-state index contributed by atoms with van der Waals surface area (Å²) in [6.45, 7) is 0.892. The Morgan fingerprint density at radius 2 is 2.40 bits per heavy atom. The van der Waals surface area contributed by atoms with Crippen molar-refractivity contribution in [1.82, 2.24) is 15.1 Å². The van der Waals surface area contributed by atoms with Gasteiger partial charge in [-0.05, 0) is 24.1 Å². The van der Waals surface area contributed by atoms with Gasteiger partial charge in [0.05, 0.1) is 0 Å². The maximum Gasteiger partial charge on any atom is 0.241 e. The van der Waals surface area contributed by atoms with Crippen molar-refractivity contribution in [2.45, 2.75) is 13.0 Å². The fraction of sp³-hybridized carbons (Fsp3) is 0.286. The van der Waals surface area contributed by atoms with Gasteiger partial charge in [-0.1, -0.05) is 6.07 Å². The standard InChI is InChI=1S/C14H14FN4O/c1-16-14(20)9-18-6-5-13(17-18)19-7-4-10-2-3-11(15)8-12(10)19/h2-3,6,8H,4,7,9H2,1H3,(H,16,20). The number of nitrogens with one attached hydrogen (secondary N) is 1. The van der Waals surface area contributed by atoms with Crippen molar-refractivity contribution in [1.29, 1.82) is 0 Å². The zero-order chi connectivity index (χ0) is 14.1. The van der Waals surface area contributed by atoms with Crippen LogP contribution < -0.4 is 10.2 Å². The first-order valence-electron chi connectivity index (χ1n) is 6.39. The lowest BCUT2D eigenvalue weighted by molar-refractivity contribution is -0.121. The fourth-order valence-electron chi connectivity index (χ4n) is 2.32. The highest BCUT2D eigenvalue weighted by molar-refractivity contribution is 5.75. The second kappa shape index (κ2) is 4.96. The van der Waals surface area contributed by atoms with Crippen LogP contribution in [-0.4, -0.2) is 29.3 Å². The van der Waals surface area contributed by atoms with Crippen molar-refractivity contribution in [3.05, 3.63) is 41.8 Å². The molecule has 0 aliphatic carbocycles. The number of benzene rings is 1. The quantitative estimate of drug-likeness (QED) is 0.916. The highest BCUT2D eigenvalue weighted by Gasteiger charge is 2.22.